The van der Waals surface area contributed by atoms with E-state index in [0.29, 0.717) is 16.9 Å². The number of hydrogen-bond donors (Lipinski definition) is 1. The Kier molecular flexibility index (Phi) is 2.99. The van der Waals surface area contributed by atoms with Crippen LogP contribution in [0.15, 0.2) is 29.1 Å². The van der Waals surface area contributed by atoms with Gasteiger partial charge >= 0.3 is 0 Å². The summed E-state index contributed by atoms with van der Waals surface area (Å²) < 4.78 is 1.12. The lowest BCUT2D eigenvalue weighted by molar-refractivity contribution is 0.771. The third kappa shape index (κ3) is 1.84. The average molecular weight is 232 g/mol. The fourth-order valence-electron chi connectivity index (χ4n) is 1.86. The number of nitrogen functional groups attached to an aromatic ring is 1. The van der Waals surface area contributed by atoms with E-state index in [1.807, 2.05) is 36.9 Å². The van der Waals surface area contributed by atoms with Crippen LogP contribution >= 0.6 is 0 Å². The zero-order chi connectivity index (χ0) is 12.4. The molecule has 0 spiro atoms. The summed E-state index contributed by atoms with van der Waals surface area (Å²) >= 11 is 0. The Bertz CT molecular complexity index is 587. The zero-order valence-electron chi connectivity index (χ0n) is 10.1. The Hall–Kier alpha value is -2.04. The Labute approximate surface area is 99.5 Å². The summed E-state index contributed by atoms with van der Waals surface area (Å²) in [5.74, 6) is 6.31. The highest BCUT2D eigenvalue weighted by Gasteiger charge is 2.12. The van der Waals surface area contributed by atoms with Crippen molar-refractivity contribution in [3.05, 3.63) is 34.6 Å². The zero-order valence-corrected chi connectivity index (χ0v) is 10.1. The highest BCUT2D eigenvalue weighted by Crippen LogP contribution is 2.12. The van der Waals surface area contributed by atoms with E-state index in [0.717, 1.165) is 17.8 Å². The van der Waals surface area contributed by atoms with Gasteiger partial charge in [0.05, 0.1) is 10.9 Å². The van der Waals surface area contributed by atoms with E-state index < -0.39 is 0 Å². The van der Waals surface area contributed by atoms with E-state index in [1.165, 1.54) is 0 Å². The fraction of sp³-hybridized carbons (Fsp3) is 0.333. The van der Waals surface area contributed by atoms with Gasteiger partial charge in [-0.15, -0.1) is 0 Å². The van der Waals surface area contributed by atoms with Crippen molar-refractivity contribution >= 4 is 16.9 Å². The molecule has 17 heavy (non-hydrogen) atoms. The van der Waals surface area contributed by atoms with Gasteiger partial charge in [0.2, 0.25) is 5.95 Å². The topological polar surface area (TPSA) is 64.2 Å². The van der Waals surface area contributed by atoms with E-state index in [1.54, 1.807) is 6.07 Å². The van der Waals surface area contributed by atoms with Crippen molar-refractivity contribution in [1.82, 2.24) is 9.66 Å². The minimum Gasteiger partial charge on any atom is -0.341 e. The summed E-state index contributed by atoms with van der Waals surface area (Å²) in [6.07, 6.45) is 0. The van der Waals surface area contributed by atoms with Crippen LogP contribution in [0.5, 0.6) is 0 Å². The van der Waals surface area contributed by atoms with Crippen LogP contribution in [0.3, 0.4) is 0 Å². The Morgan fingerprint density at radius 3 is 2.59 bits per heavy atom. The lowest BCUT2D eigenvalue weighted by atomic mass is 10.2. The first-order valence-corrected chi connectivity index (χ1v) is 5.70. The summed E-state index contributed by atoms with van der Waals surface area (Å²) in [5, 5.41) is 0.547. The second kappa shape index (κ2) is 4.45. The van der Waals surface area contributed by atoms with Crippen molar-refractivity contribution in [1.29, 1.82) is 0 Å². The molecule has 5 heteroatoms. The maximum absolute atomic E-state index is 12.1. The van der Waals surface area contributed by atoms with Gasteiger partial charge in [0.15, 0.2) is 0 Å². The Morgan fingerprint density at radius 1 is 1.29 bits per heavy atom. The molecule has 2 aromatic rings. The molecule has 0 bridgehead atoms. The van der Waals surface area contributed by atoms with Gasteiger partial charge in [-0.2, -0.15) is 4.68 Å². The number of anilines is 1. The molecule has 1 aromatic carbocycles. The first-order valence-electron chi connectivity index (χ1n) is 5.70. The average Bonchev–Trinajstić information content (AvgIpc) is 2.37. The number of rotatable bonds is 3. The third-order valence-corrected chi connectivity index (χ3v) is 2.84. The van der Waals surface area contributed by atoms with Gasteiger partial charge in [0.25, 0.3) is 5.56 Å². The van der Waals surface area contributed by atoms with Crippen LogP contribution in [-0.2, 0) is 0 Å². The van der Waals surface area contributed by atoms with Crippen molar-refractivity contribution in [3.8, 4) is 0 Å². The van der Waals surface area contributed by atoms with E-state index in [4.69, 9.17) is 5.84 Å². The molecule has 1 aromatic heterocycles. The summed E-state index contributed by atoms with van der Waals surface area (Å²) in [6.45, 7) is 5.53. The lowest BCUT2D eigenvalue weighted by Gasteiger charge is -2.21. The van der Waals surface area contributed by atoms with Crippen molar-refractivity contribution in [2.45, 2.75) is 13.8 Å². The predicted molar refractivity (Wildman–Crippen MR) is 69.7 cm³/mol. The number of hydrogen-bond acceptors (Lipinski definition) is 4. The summed E-state index contributed by atoms with van der Waals surface area (Å²) in [5.41, 5.74) is 0.471. The van der Waals surface area contributed by atoms with E-state index in [2.05, 4.69) is 4.98 Å². The molecular weight excluding hydrogens is 216 g/mol. The molecule has 0 fully saturated rings. The van der Waals surface area contributed by atoms with Crippen LogP contribution < -0.4 is 16.3 Å². The number of nitrogens with zero attached hydrogens (tertiary/aromatic N) is 3. The molecular formula is C12H16N4O. The number of nitrogens with two attached hydrogens (primary N) is 1. The van der Waals surface area contributed by atoms with Crippen LogP contribution in [0.25, 0.3) is 10.9 Å². The third-order valence-electron chi connectivity index (χ3n) is 2.84. The number of aromatic nitrogens is 2. The molecule has 2 N–H and O–H groups in total. The first-order chi connectivity index (χ1) is 8.19. The molecule has 0 aliphatic carbocycles. The van der Waals surface area contributed by atoms with Crippen LogP contribution in [0, 0.1) is 0 Å². The monoisotopic (exact) mass is 232 g/mol. The molecule has 0 unspecified atom stereocenters. The predicted octanol–water partition coefficient (Wildman–Crippen LogP) is 0.956. The second-order valence-corrected chi connectivity index (χ2v) is 3.78. The van der Waals surface area contributed by atoms with Crippen molar-refractivity contribution < 1.29 is 0 Å². The fourth-order valence-corrected chi connectivity index (χ4v) is 1.86. The van der Waals surface area contributed by atoms with Gasteiger partial charge in [-0.25, -0.2) is 4.98 Å². The van der Waals surface area contributed by atoms with Gasteiger partial charge in [-0.05, 0) is 26.0 Å². The Morgan fingerprint density at radius 2 is 1.94 bits per heavy atom. The highest BCUT2D eigenvalue weighted by atomic mass is 16.1. The summed E-state index contributed by atoms with van der Waals surface area (Å²) in [6, 6.07) is 7.23. The maximum Gasteiger partial charge on any atom is 0.281 e. The molecule has 5 nitrogen and oxygen atoms in total. The highest BCUT2D eigenvalue weighted by molar-refractivity contribution is 5.78. The summed E-state index contributed by atoms with van der Waals surface area (Å²) in [4.78, 5) is 18.5. The van der Waals surface area contributed by atoms with Crippen molar-refractivity contribution in [3.63, 3.8) is 0 Å². The van der Waals surface area contributed by atoms with Crippen molar-refractivity contribution in [2.75, 3.05) is 23.8 Å². The number of para-hydroxylation sites is 1. The standard InChI is InChI=1S/C12H16N4O/c1-3-15(4-2)12-14-10-8-6-5-7-9(10)11(17)16(12)13/h5-8H,3-4,13H2,1-2H3. The molecule has 0 atom stereocenters. The number of fused-ring (bicyclic) bond motifs is 1. The SMILES string of the molecule is CCN(CC)c1nc2ccccc2c(=O)n1N. The molecule has 1 heterocycles. The molecule has 2 rings (SSSR count). The summed E-state index contributed by atoms with van der Waals surface area (Å²) in [7, 11) is 0. The Balaban J connectivity index is 2.74. The molecule has 0 aliphatic heterocycles. The molecule has 90 valence electrons. The molecule has 0 aliphatic rings. The first kappa shape index (κ1) is 11.4. The normalized spacial score (nSPS) is 10.7. The largest absolute Gasteiger partial charge is 0.341 e. The van der Waals surface area contributed by atoms with Gasteiger partial charge in [-0.1, -0.05) is 12.1 Å². The van der Waals surface area contributed by atoms with Gasteiger partial charge in [-0.3, -0.25) is 4.79 Å². The number of benzene rings is 1. The van der Waals surface area contributed by atoms with E-state index >= 15 is 0 Å². The maximum atomic E-state index is 12.1. The smallest absolute Gasteiger partial charge is 0.281 e. The van der Waals surface area contributed by atoms with Crippen LogP contribution in [-0.4, -0.2) is 22.7 Å². The van der Waals surface area contributed by atoms with Gasteiger partial charge in [0, 0.05) is 13.1 Å². The molecule has 0 saturated carbocycles. The second-order valence-electron chi connectivity index (χ2n) is 3.78. The van der Waals surface area contributed by atoms with Crippen molar-refractivity contribution in [2.24, 2.45) is 0 Å². The van der Waals surface area contributed by atoms with Gasteiger partial charge in [0.1, 0.15) is 0 Å². The van der Waals surface area contributed by atoms with E-state index in [-0.39, 0.29) is 5.56 Å². The molecule has 0 radical (unpaired) electrons. The minimum atomic E-state index is -0.211. The minimum absolute atomic E-state index is 0.211. The molecule has 0 saturated heterocycles. The lowest BCUT2D eigenvalue weighted by Crippen LogP contribution is -2.36. The molecule has 0 amide bonds. The van der Waals surface area contributed by atoms with Gasteiger partial charge < -0.3 is 10.7 Å². The quantitative estimate of drug-likeness (QED) is 0.800. The van der Waals surface area contributed by atoms with Crippen LogP contribution in [0.1, 0.15) is 13.8 Å². The van der Waals surface area contributed by atoms with E-state index in [9.17, 15) is 4.79 Å². The van der Waals surface area contributed by atoms with Crippen LogP contribution in [0.2, 0.25) is 0 Å². The van der Waals surface area contributed by atoms with Crippen LogP contribution in [0.4, 0.5) is 5.95 Å².